The molecule has 2 aliphatic carbocycles. The zero-order chi connectivity index (χ0) is 41.2. The Kier molecular flexibility index (Phi) is 8.74. The van der Waals surface area contributed by atoms with Crippen LogP contribution in [0.1, 0.15) is 67.2 Å². The molecular weight excluding hydrogens is 751 g/mol. The standard InChI is InChI=1S/C60H47NO/c1-60(43-21-6-3-7-22-43)53-29-11-8-23-48(53)49-38-37-45(39-54(49)60)61(44-35-33-41(34-36-44)47-27-16-32-57-59(47)52-25-10-13-31-56(52)62-57)55-30-12-9-24-50(55)51-28-15-20-42-19-14-26-46(58(42)51)40-17-4-2-5-18-40/h3,6-16,19-40H,2,4-5,17-18H2,1H3. The average molecular weight is 798 g/mol. The molecule has 1 unspecified atom stereocenters. The number of para-hydroxylation sites is 2. The summed E-state index contributed by atoms with van der Waals surface area (Å²) in [5.74, 6) is 0.579. The monoisotopic (exact) mass is 797 g/mol. The lowest BCUT2D eigenvalue weighted by atomic mass is 9.74. The summed E-state index contributed by atoms with van der Waals surface area (Å²) < 4.78 is 6.33. The summed E-state index contributed by atoms with van der Waals surface area (Å²) >= 11 is 0. The van der Waals surface area contributed by atoms with E-state index < -0.39 is 0 Å². The van der Waals surface area contributed by atoms with Crippen LogP contribution >= 0.6 is 0 Å². The van der Waals surface area contributed by atoms with E-state index in [1.165, 1.54) is 92.9 Å². The van der Waals surface area contributed by atoms with E-state index >= 15 is 0 Å². The normalized spacial score (nSPS) is 16.1. The number of benzene rings is 9. The lowest BCUT2D eigenvalue weighted by Gasteiger charge is -2.32. The van der Waals surface area contributed by atoms with Crippen molar-refractivity contribution in [2.24, 2.45) is 0 Å². The number of hydrogen-bond donors (Lipinski definition) is 0. The van der Waals surface area contributed by atoms with Crippen LogP contribution in [0.2, 0.25) is 0 Å². The van der Waals surface area contributed by atoms with Gasteiger partial charge in [-0.15, -0.1) is 0 Å². The van der Waals surface area contributed by atoms with Gasteiger partial charge >= 0.3 is 0 Å². The minimum Gasteiger partial charge on any atom is -0.456 e. The van der Waals surface area contributed by atoms with E-state index in [9.17, 15) is 0 Å². The van der Waals surface area contributed by atoms with Crippen LogP contribution in [0.25, 0.3) is 66.1 Å². The molecule has 0 aliphatic heterocycles. The maximum atomic E-state index is 6.33. The maximum absolute atomic E-state index is 6.33. The van der Waals surface area contributed by atoms with Crippen molar-refractivity contribution in [1.82, 2.24) is 0 Å². The van der Waals surface area contributed by atoms with Gasteiger partial charge in [0, 0.05) is 33.1 Å². The first-order valence-corrected chi connectivity index (χ1v) is 22.4. The topological polar surface area (TPSA) is 16.4 Å². The van der Waals surface area contributed by atoms with Crippen LogP contribution < -0.4 is 4.90 Å². The minimum atomic E-state index is -0.325. The van der Waals surface area contributed by atoms with Crippen molar-refractivity contribution in [2.45, 2.75) is 50.4 Å². The van der Waals surface area contributed by atoms with Gasteiger partial charge in [-0.05, 0) is 129 Å². The highest BCUT2D eigenvalue weighted by molar-refractivity contribution is 6.12. The number of anilines is 3. The molecule has 1 saturated carbocycles. The van der Waals surface area contributed by atoms with Gasteiger partial charge in [-0.2, -0.15) is 0 Å². The van der Waals surface area contributed by atoms with Crippen LogP contribution in [0.3, 0.4) is 0 Å². The molecular formula is C60H47NO. The van der Waals surface area contributed by atoms with E-state index in [-0.39, 0.29) is 5.41 Å². The van der Waals surface area contributed by atoms with Crippen LogP contribution in [-0.4, -0.2) is 0 Å². The summed E-state index contributed by atoms with van der Waals surface area (Å²) in [6, 6.07) is 74.1. The van der Waals surface area contributed by atoms with E-state index in [1.807, 2.05) is 6.07 Å². The Hall–Kier alpha value is -7.16. The Morgan fingerprint density at radius 1 is 0.468 bits per heavy atom. The molecule has 62 heavy (non-hydrogen) atoms. The molecule has 0 spiro atoms. The van der Waals surface area contributed by atoms with Crippen LogP contribution in [0.4, 0.5) is 17.1 Å². The van der Waals surface area contributed by atoms with Crippen LogP contribution in [-0.2, 0) is 5.41 Å². The van der Waals surface area contributed by atoms with Crippen LogP contribution in [0, 0.1) is 0 Å². The number of fused-ring (bicyclic) bond motifs is 7. The molecule has 0 N–H and O–H groups in total. The summed E-state index contributed by atoms with van der Waals surface area (Å²) in [6.45, 7) is 2.41. The van der Waals surface area contributed by atoms with Gasteiger partial charge in [-0.1, -0.05) is 177 Å². The third-order valence-corrected chi connectivity index (χ3v) is 14.2. The van der Waals surface area contributed by atoms with E-state index in [2.05, 4.69) is 206 Å². The highest BCUT2D eigenvalue weighted by Gasteiger charge is 2.41. The Labute approximate surface area is 363 Å². The molecule has 2 nitrogen and oxygen atoms in total. The van der Waals surface area contributed by atoms with Gasteiger partial charge in [0.05, 0.1) is 5.69 Å². The van der Waals surface area contributed by atoms with E-state index in [4.69, 9.17) is 4.42 Å². The molecule has 1 atom stereocenters. The molecule has 1 fully saturated rings. The van der Waals surface area contributed by atoms with Gasteiger partial charge in [0.15, 0.2) is 0 Å². The van der Waals surface area contributed by atoms with Crippen molar-refractivity contribution in [3.05, 3.63) is 222 Å². The Balaban J connectivity index is 1.07. The zero-order valence-corrected chi connectivity index (χ0v) is 35.0. The molecule has 12 rings (SSSR count). The van der Waals surface area contributed by atoms with Crippen molar-refractivity contribution in [3.63, 3.8) is 0 Å². The molecule has 298 valence electrons. The van der Waals surface area contributed by atoms with E-state index in [0.717, 1.165) is 44.6 Å². The molecule has 9 aromatic carbocycles. The second-order valence-electron chi connectivity index (χ2n) is 17.5. The first kappa shape index (κ1) is 36.7. The zero-order valence-electron chi connectivity index (χ0n) is 35.0. The SMILES string of the molecule is CC1(c2ccccc2)c2ccccc2-c2ccc(N(c3ccc(-c4cccc5oc6ccccc6c45)cc3)c3ccccc3-c3cccc4cccc(C5CCCCC5)c34)cc21. The lowest BCUT2D eigenvalue weighted by molar-refractivity contribution is 0.445. The molecule has 0 radical (unpaired) electrons. The summed E-state index contributed by atoms with van der Waals surface area (Å²) in [5.41, 5.74) is 17.8. The summed E-state index contributed by atoms with van der Waals surface area (Å²) in [5, 5.41) is 5.00. The van der Waals surface area contributed by atoms with Gasteiger partial charge in [-0.3, -0.25) is 0 Å². The second kappa shape index (κ2) is 14.8. The fourth-order valence-electron chi connectivity index (χ4n) is 11.2. The Bertz CT molecular complexity index is 3290. The average Bonchev–Trinajstić information content (AvgIpc) is 3.85. The van der Waals surface area contributed by atoms with Gasteiger partial charge in [0.25, 0.3) is 0 Å². The van der Waals surface area contributed by atoms with Gasteiger partial charge < -0.3 is 9.32 Å². The first-order chi connectivity index (χ1) is 30.6. The second-order valence-corrected chi connectivity index (χ2v) is 17.5. The molecule has 2 heteroatoms. The van der Waals surface area contributed by atoms with Crippen LogP contribution in [0.5, 0.6) is 0 Å². The van der Waals surface area contributed by atoms with Crippen molar-refractivity contribution < 1.29 is 4.42 Å². The fourth-order valence-corrected chi connectivity index (χ4v) is 11.2. The largest absolute Gasteiger partial charge is 0.456 e. The van der Waals surface area contributed by atoms with Crippen molar-refractivity contribution in [1.29, 1.82) is 0 Å². The summed E-state index contributed by atoms with van der Waals surface area (Å²) in [4.78, 5) is 2.50. The smallest absolute Gasteiger partial charge is 0.136 e. The summed E-state index contributed by atoms with van der Waals surface area (Å²) in [6.07, 6.45) is 6.47. The highest BCUT2D eigenvalue weighted by Crippen LogP contribution is 2.55. The van der Waals surface area contributed by atoms with E-state index in [1.54, 1.807) is 0 Å². The number of hydrogen-bond acceptors (Lipinski definition) is 2. The third-order valence-electron chi connectivity index (χ3n) is 14.2. The Morgan fingerprint density at radius 2 is 1.11 bits per heavy atom. The molecule has 2 aliphatic rings. The third kappa shape index (κ3) is 5.77. The first-order valence-electron chi connectivity index (χ1n) is 22.4. The number of rotatable bonds is 7. The minimum absolute atomic E-state index is 0.325. The maximum Gasteiger partial charge on any atom is 0.136 e. The van der Waals surface area contributed by atoms with Gasteiger partial charge in [0.2, 0.25) is 0 Å². The van der Waals surface area contributed by atoms with Crippen molar-refractivity contribution in [3.8, 4) is 33.4 Å². The van der Waals surface area contributed by atoms with Gasteiger partial charge in [0.1, 0.15) is 11.2 Å². The molecule has 0 amide bonds. The highest BCUT2D eigenvalue weighted by atomic mass is 16.3. The molecule has 0 bridgehead atoms. The Morgan fingerprint density at radius 3 is 1.97 bits per heavy atom. The molecule has 0 saturated heterocycles. The quantitative estimate of drug-likeness (QED) is 0.160. The molecule has 1 heterocycles. The van der Waals surface area contributed by atoms with E-state index in [0.29, 0.717) is 5.92 Å². The lowest BCUT2D eigenvalue weighted by Crippen LogP contribution is -2.22. The molecule has 10 aromatic rings. The van der Waals surface area contributed by atoms with Gasteiger partial charge in [-0.25, -0.2) is 0 Å². The fraction of sp³-hybridized carbons (Fsp3) is 0.133. The predicted octanol–water partition coefficient (Wildman–Crippen LogP) is 16.9. The summed E-state index contributed by atoms with van der Waals surface area (Å²) in [7, 11) is 0. The van der Waals surface area contributed by atoms with Crippen molar-refractivity contribution >= 4 is 49.8 Å². The number of nitrogens with zero attached hydrogens (tertiary/aromatic N) is 1. The number of furan rings is 1. The van der Waals surface area contributed by atoms with Crippen LogP contribution in [0.15, 0.2) is 205 Å². The predicted molar refractivity (Wildman–Crippen MR) is 260 cm³/mol. The van der Waals surface area contributed by atoms with Crippen molar-refractivity contribution in [2.75, 3.05) is 4.90 Å². The molecule has 1 aromatic heterocycles.